The second kappa shape index (κ2) is 5.25. The van der Waals surface area contributed by atoms with Crippen molar-refractivity contribution in [3.63, 3.8) is 0 Å². The van der Waals surface area contributed by atoms with Gasteiger partial charge in [0.05, 0.1) is 15.4 Å². The van der Waals surface area contributed by atoms with Crippen LogP contribution in [0.3, 0.4) is 0 Å². The molecular formula is C12H11NO2S2. The van der Waals surface area contributed by atoms with Gasteiger partial charge in [-0.2, -0.15) is 0 Å². The van der Waals surface area contributed by atoms with Crippen molar-refractivity contribution in [1.29, 1.82) is 0 Å². The van der Waals surface area contributed by atoms with Crippen molar-refractivity contribution in [2.75, 3.05) is 0 Å². The summed E-state index contributed by atoms with van der Waals surface area (Å²) >= 11 is 3.17. The fraction of sp³-hybridized carbons (Fsp3) is 0.167. The van der Waals surface area contributed by atoms with Crippen molar-refractivity contribution >= 4 is 34.7 Å². The van der Waals surface area contributed by atoms with Crippen LogP contribution in [0.15, 0.2) is 23.6 Å². The predicted octanol–water partition coefficient (Wildman–Crippen LogP) is 3.53. The molecule has 17 heavy (non-hydrogen) atoms. The minimum Gasteiger partial charge on any atom is -0.478 e. The van der Waals surface area contributed by atoms with Crippen molar-refractivity contribution in [3.05, 3.63) is 34.2 Å². The van der Waals surface area contributed by atoms with E-state index in [-0.39, 0.29) is 0 Å². The second-order valence-corrected chi connectivity index (χ2v) is 5.31. The molecule has 0 bridgehead atoms. The van der Waals surface area contributed by atoms with Crippen LogP contribution in [0.4, 0.5) is 0 Å². The Hall–Kier alpha value is -1.46. The molecule has 2 heterocycles. The Morgan fingerprint density at radius 1 is 1.59 bits per heavy atom. The van der Waals surface area contributed by atoms with Gasteiger partial charge in [0.2, 0.25) is 0 Å². The Morgan fingerprint density at radius 2 is 2.41 bits per heavy atom. The molecule has 2 aromatic heterocycles. The summed E-state index contributed by atoms with van der Waals surface area (Å²) in [6.07, 6.45) is 3.59. The van der Waals surface area contributed by atoms with E-state index in [1.165, 1.54) is 11.3 Å². The second-order valence-electron chi connectivity index (χ2n) is 3.33. The average molecular weight is 265 g/mol. The van der Waals surface area contributed by atoms with Gasteiger partial charge in [0.15, 0.2) is 0 Å². The third kappa shape index (κ3) is 2.81. The van der Waals surface area contributed by atoms with Crippen molar-refractivity contribution in [2.24, 2.45) is 0 Å². The molecule has 5 heteroatoms. The summed E-state index contributed by atoms with van der Waals surface area (Å²) in [5, 5.41) is 11.6. The molecule has 0 aliphatic rings. The van der Waals surface area contributed by atoms with E-state index in [1.807, 2.05) is 24.4 Å². The van der Waals surface area contributed by atoms with Crippen LogP contribution in [0.25, 0.3) is 16.0 Å². The summed E-state index contributed by atoms with van der Waals surface area (Å²) in [5.74, 6) is -0.932. The highest BCUT2D eigenvalue weighted by Gasteiger charge is 2.10. The van der Waals surface area contributed by atoms with Crippen molar-refractivity contribution in [2.45, 2.75) is 13.3 Å². The predicted molar refractivity (Wildman–Crippen MR) is 71.5 cm³/mol. The normalized spacial score (nSPS) is 11.1. The molecular weight excluding hydrogens is 254 g/mol. The zero-order valence-electron chi connectivity index (χ0n) is 9.21. The van der Waals surface area contributed by atoms with Crippen molar-refractivity contribution in [3.8, 4) is 9.88 Å². The molecule has 0 aromatic carbocycles. The molecule has 0 fully saturated rings. The van der Waals surface area contributed by atoms with Crippen LogP contribution >= 0.6 is 22.7 Å². The number of rotatable bonds is 4. The molecule has 0 saturated heterocycles. The van der Waals surface area contributed by atoms with Gasteiger partial charge in [-0.15, -0.1) is 22.7 Å². The van der Waals surface area contributed by atoms with E-state index >= 15 is 0 Å². The average Bonchev–Trinajstić information content (AvgIpc) is 2.94. The Kier molecular flexibility index (Phi) is 3.71. The number of nitrogens with zero attached hydrogens (tertiary/aromatic N) is 1. The lowest BCUT2D eigenvalue weighted by atomic mass is 10.3. The van der Waals surface area contributed by atoms with Gasteiger partial charge in [-0.05, 0) is 23.9 Å². The van der Waals surface area contributed by atoms with E-state index in [2.05, 4.69) is 4.98 Å². The fourth-order valence-corrected chi connectivity index (χ4v) is 3.25. The fourth-order valence-electron chi connectivity index (χ4n) is 1.40. The summed E-state index contributed by atoms with van der Waals surface area (Å²) < 4.78 is 0. The molecule has 0 unspecified atom stereocenters. The molecule has 0 saturated carbocycles. The SMILES string of the molecule is CCc1nc(-c2cccs2)sc1/C=C/C(=O)O. The zero-order valence-corrected chi connectivity index (χ0v) is 10.8. The first kappa shape index (κ1) is 12.0. The third-order valence-electron chi connectivity index (χ3n) is 2.17. The van der Waals surface area contributed by atoms with Gasteiger partial charge in [-0.25, -0.2) is 9.78 Å². The molecule has 2 rings (SSSR count). The van der Waals surface area contributed by atoms with Crippen molar-refractivity contribution < 1.29 is 9.90 Å². The molecule has 0 spiro atoms. The van der Waals surface area contributed by atoms with Crippen LogP contribution in [0.5, 0.6) is 0 Å². The van der Waals surface area contributed by atoms with Gasteiger partial charge in [0, 0.05) is 6.08 Å². The number of carboxylic acid groups (broad SMARTS) is 1. The number of thiazole rings is 1. The largest absolute Gasteiger partial charge is 0.478 e. The van der Waals surface area contributed by atoms with Gasteiger partial charge >= 0.3 is 5.97 Å². The smallest absolute Gasteiger partial charge is 0.328 e. The molecule has 0 aliphatic carbocycles. The van der Waals surface area contributed by atoms with E-state index in [0.29, 0.717) is 0 Å². The molecule has 3 nitrogen and oxygen atoms in total. The van der Waals surface area contributed by atoms with E-state index in [4.69, 9.17) is 5.11 Å². The first-order valence-corrected chi connectivity index (χ1v) is 6.85. The number of aryl methyl sites for hydroxylation is 1. The summed E-state index contributed by atoms with van der Waals surface area (Å²) in [7, 11) is 0. The molecule has 0 radical (unpaired) electrons. The standard InChI is InChI=1S/C12H11NO2S2/c1-2-8-9(5-6-11(14)15)17-12(13-8)10-4-3-7-16-10/h3-7H,2H2,1H3,(H,14,15)/b6-5+. The number of aromatic nitrogens is 1. The number of hydrogen-bond acceptors (Lipinski definition) is 4. The summed E-state index contributed by atoms with van der Waals surface area (Å²) in [6, 6.07) is 4.01. The van der Waals surface area contributed by atoms with Crippen LogP contribution in [0.2, 0.25) is 0 Å². The Labute approximate surface area is 107 Å². The Morgan fingerprint density at radius 3 is 3.00 bits per heavy atom. The first-order chi connectivity index (χ1) is 8.20. The minimum atomic E-state index is -0.932. The van der Waals surface area contributed by atoms with Gasteiger partial charge in [0.25, 0.3) is 0 Å². The van der Waals surface area contributed by atoms with Gasteiger partial charge in [-0.3, -0.25) is 0 Å². The van der Waals surface area contributed by atoms with Crippen molar-refractivity contribution in [1.82, 2.24) is 4.98 Å². The van der Waals surface area contributed by atoms with Crippen LogP contribution < -0.4 is 0 Å². The number of aliphatic carboxylic acids is 1. The summed E-state index contributed by atoms with van der Waals surface area (Å²) in [6.45, 7) is 2.02. The van der Waals surface area contributed by atoms with Crippen LogP contribution in [0, 0.1) is 0 Å². The molecule has 0 amide bonds. The van der Waals surface area contributed by atoms with Crippen LogP contribution in [0.1, 0.15) is 17.5 Å². The molecule has 1 N–H and O–H groups in total. The number of hydrogen-bond donors (Lipinski definition) is 1. The first-order valence-electron chi connectivity index (χ1n) is 5.15. The highest BCUT2D eigenvalue weighted by atomic mass is 32.1. The van der Waals surface area contributed by atoms with E-state index in [0.717, 1.165) is 33.0 Å². The maximum Gasteiger partial charge on any atom is 0.328 e. The molecule has 0 aliphatic heterocycles. The zero-order chi connectivity index (χ0) is 12.3. The van der Waals surface area contributed by atoms with Gasteiger partial charge in [0.1, 0.15) is 5.01 Å². The Balaban J connectivity index is 2.36. The lowest BCUT2D eigenvalue weighted by Crippen LogP contribution is -1.87. The summed E-state index contributed by atoms with van der Waals surface area (Å²) in [4.78, 5) is 17.1. The monoisotopic (exact) mass is 265 g/mol. The van der Waals surface area contributed by atoms with Gasteiger partial charge < -0.3 is 5.11 Å². The van der Waals surface area contributed by atoms with Gasteiger partial charge in [-0.1, -0.05) is 13.0 Å². The highest BCUT2D eigenvalue weighted by molar-refractivity contribution is 7.21. The molecule has 2 aromatic rings. The quantitative estimate of drug-likeness (QED) is 0.860. The van der Waals surface area contributed by atoms with Crippen LogP contribution in [-0.2, 0) is 11.2 Å². The van der Waals surface area contributed by atoms with E-state index < -0.39 is 5.97 Å². The van der Waals surface area contributed by atoms with E-state index in [1.54, 1.807) is 17.4 Å². The number of thiophene rings is 1. The number of carbonyl (C=O) groups is 1. The third-order valence-corrected chi connectivity index (χ3v) is 4.27. The molecule has 88 valence electrons. The Bertz CT molecular complexity index is 541. The van der Waals surface area contributed by atoms with Crippen LogP contribution in [-0.4, -0.2) is 16.1 Å². The highest BCUT2D eigenvalue weighted by Crippen LogP contribution is 2.32. The minimum absolute atomic E-state index is 0.807. The lowest BCUT2D eigenvalue weighted by Gasteiger charge is -1.89. The summed E-state index contributed by atoms with van der Waals surface area (Å²) in [5.41, 5.74) is 0.955. The number of carboxylic acids is 1. The lowest BCUT2D eigenvalue weighted by molar-refractivity contribution is -0.131. The maximum absolute atomic E-state index is 10.5. The topological polar surface area (TPSA) is 50.2 Å². The van der Waals surface area contributed by atoms with E-state index in [9.17, 15) is 4.79 Å². The molecule has 0 atom stereocenters. The maximum atomic E-state index is 10.5.